The number of aliphatic hydroxyl groups is 1. The highest BCUT2D eigenvalue weighted by Crippen LogP contribution is 2.43. The number of rotatable bonds is 50. The Balaban J connectivity index is 4.83. The average Bonchev–Trinajstić information content (AvgIpc) is 3.32. The zero-order valence-corrected chi connectivity index (χ0v) is 44.2. The van der Waals surface area contributed by atoms with E-state index in [0.717, 1.165) is 64.2 Å². The SMILES string of the molecule is CC/C=C\C/C=C\C/C=C\C/C=C\C/C=C\CC(=O)OCC(COP(=O)(O)OCC(CO)OC(=O)CCCCCCCCCCCCC)OC(=O)CCCCCCCCCCCCCCCCC. The third kappa shape index (κ3) is 48.2. The van der Waals surface area contributed by atoms with E-state index in [4.69, 9.17) is 23.3 Å². The topological polar surface area (TPSA) is 155 Å². The van der Waals surface area contributed by atoms with Crippen LogP contribution in [-0.2, 0) is 42.2 Å². The molecule has 0 aliphatic rings. The summed E-state index contributed by atoms with van der Waals surface area (Å²) < 4.78 is 39.3. The third-order valence-electron chi connectivity index (χ3n) is 11.5. The van der Waals surface area contributed by atoms with Crippen molar-refractivity contribution < 1.29 is 52.2 Å². The lowest BCUT2D eigenvalue weighted by atomic mass is 10.0. The molecular formula is C56H99O11P. The molecule has 394 valence electrons. The van der Waals surface area contributed by atoms with Crippen molar-refractivity contribution in [3.8, 4) is 0 Å². The van der Waals surface area contributed by atoms with Crippen molar-refractivity contribution in [1.29, 1.82) is 0 Å². The molecule has 0 aliphatic carbocycles. The Kier molecular flexibility index (Phi) is 48.5. The lowest BCUT2D eigenvalue weighted by Gasteiger charge is -2.21. The van der Waals surface area contributed by atoms with E-state index in [2.05, 4.69) is 63.3 Å². The van der Waals surface area contributed by atoms with Crippen LogP contribution in [0.4, 0.5) is 0 Å². The van der Waals surface area contributed by atoms with Crippen molar-refractivity contribution in [2.24, 2.45) is 0 Å². The van der Waals surface area contributed by atoms with Gasteiger partial charge in [-0.3, -0.25) is 23.4 Å². The number of phosphoric acid groups is 1. The number of ether oxygens (including phenoxy) is 3. The van der Waals surface area contributed by atoms with E-state index < -0.39 is 57.8 Å². The summed E-state index contributed by atoms with van der Waals surface area (Å²) >= 11 is 0. The molecule has 0 saturated heterocycles. The summed E-state index contributed by atoms with van der Waals surface area (Å²) in [6.07, 6.45) is 53.6. The van der Waals surface area contributed by atoms with E-state index in [1.807, 2.05) is 12.2 Å². The van der Waals surface area contributed by atoms with Crippen LogP contribution in [0.3, 0.4) is 0 Å². The van der Waals surface area contributed by atoms with Crippen molar-refractivity contribution in [1.82, 2.24) is 0 Å². The monoisotopic (exact) mass is 979 g/mol. The molecule has 11 nitrogen and oxygen atoms in total. The number of hydrogen-bond acceptors (Lipinski definition) is 10. The van der Waals surface area contributed by atoms with Gasteiger partial charge in [0.15, 0.2) is 6.10 Å². The second-order valence-corrected chi connectivity index (χ2v) is 19.5. The lowest BCUT2D eigenvalue weighted by molar-refractivity contribution is -0.161. The second-order valence-electron chi connectivity index (χ2n) is 18.0. The molecule has 0 aromatic rings. The van der Waals surface area contributed by atoms with E-state index in [9.17, 15) is 28.9 Å². The van der Waals surface area contributed by atoms with Crippen molar-refractivity contribution in [3.05, 3.63) is 60.8 Å². The van der Waals surface area contributed by atoms with Gasteiger partial charge in [-0.1, -0.05) is 236 Å². The van der Waals surface area contributed by atoms with E-state index in [-0.39, 0.29) is 25.9 Å². The summed E-state index contributed by atoms with van der Waals surface area (Å²) in [5.74, 6) is -1.61. The van der Waals surface area contributed by atoms with Crippen molar-refractivity contribution in [3.63, 3.8) is 0 Å². The Morgan fingerprint density at radius 1 is 0.426 bits per heavy atom. The number of allylic oxidation sites excluding steroid dienone is 9. The molecule has 0 amide bonds. The number of unbranched alkanes of at least 4 members (excludes halogenated alkanes) is 24. The maximum atomic E-state index is 12.9. The van der Waals surface area contributed by atoms with Crippen LogP contribution in [0.15, 0.2) is 60.8 Å². The number of carbonyl (C=O) groups is 3. The lowest BCUT2D eigenvalue weighted by Crippen LogP contribution is -2.30. The number of aliphatic hydroxyl groups excluding tert-OH is 1. The van der Waals surface area contributed by atoms with Crippen LogP contribution in [0, 0.1) is 0 Å². The fourth-order valence-electron chi connectivity index (χ4n) is 7.37. The first-order valence-electron chi connectivity index (χ1n) is 27.2. The summed E-state index contributed by atoms with van der Waals surface area (Å²) in [6.45, 7) is 4.42. The number of hydrogen-bond donors (Lipinski definition) is 2. The molecule has 3 atom stereocenters. The van der Waals surface area contributed by atoms with Gasteiger partial charge in [0.25, 0.3) is 0 Å². The highest BCUT2D eigenvalue weighted by atomic mass is 31.2. The van der Waals surface area contributed by atoms with E-state index in [1.54, 1.807) is 6.08 Å². The predicted molar refractivity (Wildman–Crippen MR) is 279 cm³/mol. The number of esters is 3. The molecule has 0 heterocycles. The molecule has 12 heteroatoms. The summed E-state index contributed by atoms with van der Waals surface area (Å²) in [5, 5.41) is 9.77. The Bertz CT molecular complexity index is 1370. The molecule has 3 unspecified atom stereocenters. The van der Waals surface area contributed by atoms with Crippen LogP contribution in [0.25, 0.3) is 0 Å². The van der Waals surface area contributed by atoms with Gasteiger partial charge in [0.2, 0.25) is 0 Å². The Hall–Kier alpha value is -2.82. The molecule has 0 saturated carbocycles. The molecular weight excluding hydrogens is 880 g/mol. The molecule has 0 aromatic heterocycles. The summed E-state index contributed by atoms with van der Waals surface area (Å²) in [7, 11) is -4.76. The molecule has 0 rings (SSSR count). The molecule has 0 aliphatic heterocycles. The normalized spacial score (nSPS) is 13.9. The van der Waals surface area contributed by atoms with Gasteiger partial charge in [0.1, 0.15) is 12.7 Å². The van der Waals surface area contributed by atoms with Crippen molar-refractivity contribution in [2.45, 2.75) is 251 Å². The quantitative estimate of drug-likeness (QED) is 0.0197. The first-order valence-corrected chi connectivity index (χ1v) is 28.7. The average molecular weight is 979 g/mol. The van der Waals surface area contributed by atoms with Crippen LogP contribution < -0.4 is 0 Å². The Labute approximate surface area is 415 Å². The molecule has 0 spiro atoms. The minimum Gasteiger partial charge on any atom is -0.461 e. The first-order chi connectivity index (χ1) is 33.2. The van der Waals surface area contributed by atoms with Gasteiger partial charge in [0.05, 0.1) is 26.2 Å². The summed E-state index contributed by atoms with van der Waals surface area (Å²) in [5.41, 5.74) is 0. The fraction of sp³-hybridized carbons (Fsp3) is 0.768. The molecule has 0 fully saturated rings. The van der Waals surface area contributed by atoms with Crippen LogP contribution in [0.2, 0.25) is 0 Å². The zero-order chi connectivity index (χ0) is 49.9. The minimum atomic E-state index is -4.76. The third-order valence-corrected chi connectivity index (χ3v) is 12.4. The van der Waals surface area contributed by atoms with Crippen LogP contribution in [0.5, 0.6) is 0 Å². The Morgan fingerprint density at radius 3 is 1.12 bits per heavy atom. The zero-order valence-electron chi connectivity index (χ0n) is 43.3. The highest BCUT2D eigenvalue weighted by Gasteiger charge is 2.28. The molecule has 0 aromatic carbocycles. The fourth-order valence-corrected chi connectivity index (χ4v) is 8.15. The maximum absolute atomic E-state index is 12.9. The first kappa shape index (κ1) is 65.2. The summed E-state index contributed by atoms with van der Waals surface area (Å²) in [6, 6.07) is 0. The molecule has 2 N–H and O–H groups in total. The Morgan fingerprint density at radius 2 is 0.750 bits per heavy atom. The number of carbonyl (C=O) groups excluding carboxylic acids is 3. The maximum Gasteiger partial charge on any atom is 0.472 e. The standard InChI is InChI=1S/C56H99O11P/c1-4-7-10-13-16-19-22-24-26-28-31-33-36-39-42-45-54(58)63-49-53(67-56(60)47-44-41-38-35-32-29-27-25-23-20-17-14-11-8-5-2)51-65-68(61,62)64-50-52(48-57)66-55(59)46-43-40-37-34-30-21-18-15-12-9-6-3/h7,10,16,19,24,26,31,33,39,42,52-53,57H,4-6,8-9,11-15,17-18,20-23,25,27-30,32,34-38,40-41,43-51H2,1-3H3,(H,61,62)/b10-7-,19-16-,26-24-,33-31-,42-39-. The van der Waals surface area contributed by atoms with E-state index in [0.29, 0.717) is 19.3 Å². The van der Waals surface area contributed by atoms with Gasteiger partial charge in [-0.15, -0.1) is 0 Å². The van der Waals surface area contributed by atoms with Gasteiger partial charge in [-0.2, -0.15) is 0 Å². The highest BCUT2D eigenvalue weighted by molar-refractivity contribution is 7.47. The van der Waals surface area contributed by atoms with Crippen LogP contribution >= 0.6 is 7.82 Å². The van der Waals surface area contributed by atoms with Crippen LogP contribution in [-0.4, -0.2) is 66.5 Å². The van der Waals surface area contributed by atoms with Gasteiger partial charge in [0, 0.05) is 12.8 Å². The smallest absolute Gasteiger partial charge is 0.461 e. The molecule has 0 bridgehead atoms. The minimum absolute atomic E-state index is 0.00367. The van der Waals surface area contributed by atoms with E-state index in [1.165, 1.54) is 116 Å². The van der Waals surface area contributed by atoms with Crippen molar-refractivity contribution in [2.75, 3.05) is 26.4 Å². The van der Waals surface area contributed by atoms with Gasteiger partial charge >= 0.3 is 25.7 Å². The van der Waals surface area contributed by atoms with Gasteiger partial charge in [-0.25, -0.2) is 4.57 Å². The molecule has 68 heavy (non-hydrogen) atoms. The summed E-state index contributed by atoms with van der Waals surface area (Å²) in [4.78, 5) is 48.3. The van der Waals surface area contributed by atoms with E-state index >= 15 is 0 Å². The predicted octanol–water partition coefficient (Wildman–Crippen LogP) is 15.6. The number of phosphoric ester groups is 1. The molecule has 0 radical (unpaired) electrons. The van der Waals surface area contributed by atoms with Gasteiger partial charge < -0.3 is 24.2 Å². The largest absolute Gasteiger partial charge is 0.472 e. The second kappa shape index (κ2) is 50.6. The van der Waals surface area contributed by atoms with Crippen molar-refractivity contribution >= 4 is 25.7 Å². The van der Waals surface area contributed by atoms with Gasteiger partial charge in [-0.05, 0) is 44.9 Å². The van der Waals surface area contributed by atoms with Crippen LogP contribution in [0.1, 0.15) is 239 Å².